The first-order valence-electron chi connectivity index (χ1n) is 13.6. The van der Waals surface area contributed by atoms with E-state index in [0.717, 1.165) is 43.3 Å². The van der Waals surface area contributed by atoms with Crippen LogP contribution in [-0.4, -0.2) is 57.2 Å². The van der Waals surface area contributed by atoms with Crippen LogP contribution in [0.4, 0.5) is 23.5 Å². The number of benzene rings is 1. The van der Waals surface area contributed by atoms with Gasteiger partial charge in [0.25, 0.3) is 0 Å². The summed E-state index contributed by atoms with van der Waals surface area (Å²) in [6, 6.07) is 10.4. The van der Waals surface area contributed by atoms with Crippen LogP contribution in [0.2, 0.25) is 0 Å². The van der Waals surface area contributed by atoms with Gasteiger partial charge in [-0.25, -0.2) is 0 Å². The van der Waals surface area contributed by atoms with Gasteiger partial charge in [-0.2, -0.15) is 0 Å². The van der Waals surface area contributed by atoms with Gasteiger partial charge in [0.1, 0.15) is 22.2 Å². The fourth-order valence-corrected chi connectivity index (χ4v) is 7.30. The molecule has 1 aromatic heterocycles. The van der Waals surface area contributed by atoms with Crippen LogP contribution in [0, 0.1) is 0 Å². The molecule has 36 heavy (non-hydrogen) atoms. The van der Waals surface area contributed by atoms with Crippen LogP contribution < -0.4 is 20.0 Å². The van der Waals surface area contributed by atoms with Crippen molar-refractivity contribution < 1.29 is 0 Å². The normalized spacial score (nSPS) is 29.9. The number of anilines is 2. The number of hydrogen-bond acceptors (Lipinski definition) is 5. The molecule has 7 nitrogen and oxygen atoms in total. The molecule has 2 aromatic rings. The second kappa shape index (κ2) is 8.47. The van der Waals surface area contributed by atoms with Gasteiger partial charge in [-0.1, -0.05) is 18.2 Å². The zero-order valence-electron chi connectivity index (χ0n) is 24.3. The molecule has 0 unspecified atom stereocenters. The lowest BCUT2D eigenvalue weighted by Crippen LogP contribution is -2.76. The van der Waals surface area contributed by atoms with E-state index in [1.54, 1.807) is 0 Å². The van der Waals surface area contributed by atoms with E-state index in [1.165, 1.54) is 6.42 Å². The van der Waals surface area contributed by atoms with E-state index in [-0.39, 0.29) is 28.2 Å². The van der Waals surface area contributed by atoms with Crippen LogP contribution in [0.3, 0.4) is 0 Å². The van der Waals surface area contributed by atoms with E-state index in [2.05, 4.69) is 86.9 Å². The fourth-order valence-electron chi connectivity index (χ4n) is 7.30. The van der Waals surface area contributed by atoms with Crippen LogP contribution in [0.15, 0.2) is 30.3 Å². The van der Waals surface area contributed by atoms with E-state index < -0.39 is 0 Å². The SMILES string of the molecule is CC1(C)CCCC(C)(C)[N+]1(C)c1nc(Nc2ccccc2)nc([N+]2(C)C(C)(C)CC(N)CC2(C)C)n1. The number of nitrogens with one attached hydrogen (secondary N) is 1. The number of rotatable bonds is 4. The quantitative estimate of drug-likeness (QED) is 0.516. The van der Waals surface area contributed by atoms with Gasteiger partial charge in [0.15, 0.2) is 0 Å². The Morgan fingerprint density at radius 2 is 1.17 bits per heavy atom. The monoisotopic (exact) mass is 495 g/mol. The first-order chi connectivity index (χ1) is 16.5. The third-order valence-electron chi connectivity index (χ3n) is 10.4. The fraction of sp³-hybridized carbons (Fsp3) is 0.690. The molecule has 2 fully saturated rings. The number of nitrogens with two attached hydrogens (primary N) is 1. The maximum Gasteiger partial charge on any atom is 0.339 e. The van der Waals surface area contributed by atoms with Gasteiger partial charge in [-0.05, 0) is 73.9 Å². The third kappa shape index (κ3) is 3.95. The summed E-state index contributed by atoms with van der Waals surface area (Å²) in [6.45, 7) is 18.7. The summed E-state index contributed by atoms with van der Waals surface area (Å²) in [5.74, 6) is 2.27. The van der Waals surface area contributed by atoms with Crippen LogP contribution >= 0.6 is 0 Å². The molecular weight excluding hydrogens is 446 g/mol. The third-order valence-corrected chi connectivity index (χ3v) is 10.4. The molecule has 0 atom stereocenters. The van der Waals surface area contributed by atoms with Crippen molar-refractivity contribution in [2.45, 2.75) is 116 Å². The average molecular weight is 496 g/mol. The molecule has 3 N–H and O–H groups in total. The Labute approximate surface area is 218 Å². The Bertz CT molecular complexity index is 1070. The standard InChI is InChI=1S/C29H49N7/c1-26(2)17-14-18-27(3,4)35(26,9)24-32-23(31-22-15-12-11-13-16-22)33-25(34-24)36(10)28(5,6)19-21(30)20-29(36,7)8/h11-13,15-16,21H,14,17-20,30H2,1-10H3,(H,31,32,33,34)/q+2. The summed E-state index contributed by atoms with van der Waals surface area (Å²) < 4.78 is 1.27. The molecule has 198 valence electrons. The number of piperidine rings is 2. The van der Waals surface area contributed by atoms with E-state index in [1.807, 2.05) is 18.2 Å². The van der Waals surface area contributed by atoms with Gasteiger partial charge in [0.05, 0.1) is 14.1 Å². The van der Waals surface area contributed by atoms with Gasteiger partial charge in [-0.15, -0.1) is 15.0 Å². The summed E-state index contributed by atoms with van der Waals surface area (Å²) in [6.07, 6.45) is 5.31. The Morgan fingerprint density at radius 1 is 0.722 bits per heavy atom. The molecule has 7 heteroatoms. The molecule has 0 amide bonds. The number of nitrogens with zero attached hydrogens (tertiary/aromatic N) is 5. The second-order valence-corrected chi connectivity index (χ2v) is 14.0. The van der Waals surface area contributed by atoms with Crippen molar-refractivity contribution in [1.82, 2.24) is 23.9 Å². The molecule has 2 aliphatic heterocycles. The van der Waals surface area contributed by atoms with Crippen LogP contribution in [-0.2, 0) is 0 Å². The highest BCUT2D eigenvalue weighted by atomic mass is 15.6. The van der Waals surface area contributed by atoms with Crippen LogP contribution in [0.5, 0.6) is 0 Å². The van der Waals surface area contributed by atoms with Crippen molar-refractivity contribution in [3.05, 3.63) is 30.3 Å². The molecule has 4 rings (SSSR count). The Balaban J connectivity index is 1.98. The van der Waals surface area contributed by atoms with Crippen molar-refractivity contribution in [1.29, 1.82) is 0 Å². The minimum Gasteiger partial charge on any atom is -0.327 e. The maximum absolute atomic E-state index is 6.58. The number of hydrogen-bond donors (Lipinski definition) is 2. The van der Waals surface area contributed by atoms with E-state index in [4.69, 9.17) is 20.7 Å². The molecule has 0 radical (unpaired) electrons. The maximum atomic E-state index is 6.58. The second-order valence-electron chi connectivity index (χ2n) is 14.0. The van der Waals surface area contributed by atoms with Crippen molar-refractivity contribution in [2.75, 3.05) is 19.4 Å². The van der Waals surface area contributed by atoms with Crippen LogP contribution in [0.25, 0.3) is 0 Å². The molecule has 1 aromatic carbocycles. The Morgan fingerprint density at radius 3 is 1.64 bits per heavy atom. The summed E-state index contributed by atoms with van der Waals surface area (Å²) in [5.41, 5.74) is 7.23. The minimum absolute atomic E-state index is 0.0156. The van der Waals surface area contributed by atoms with Gasteiger partial charge < -0.3 is 11.1 Å². The lowest BCUT2D eigenvalue weighted by atomic mass is 9.74. The summed E-state index contributed by atoms with van der Waals surface area (Å²) in [4.78, 5) is 15.7. The lowest BCUT2D eigenvalue weighted by Gasteiger charge is -2.59. The number of aromatic nitrogens is 3. The van der Waals surface area contributed by atoms with E-state index >= 15 is 0 Å². The molecule has 2 aliphatic rings. The van der Waals surface area contributed by atoms with Gasteiger partial charge in [0, 0.05) is 37.4 Å². The minimum atomic E-state index is -0.144. The highest BCUT2D eigenvalue weighted by molar-refractivity contribution is 5.56. The van der Waals surface area contributed by atoms with Crippen molar-refractivity contribution in [2.24, 2.45) is 5.73 Å². The zero-order valence-corrected chi connectivity index (χ0v) is 24.3. The summed E-state index contributed by atoms with van der Waals surface area (Å²) >= 11 is 0. The highest BCUT2D eigenvalue weighted by Crippen LogP contribution is 2.50. The molecule has 0 aliphatic carbocycles. The van der Waals surface area contributed by atoms with E-state index in [0.29, 0.717) is 14.9 Å². The molecule has 0 spiro atoms. The lowest BCUT2D eigenvalue weighted by molar-refractivity contribution is -0.0154. The van der Waals surface area contributed by atoms with Crippen LogP contribution in [0.1, 0.15) is 87.5 Å². The van der Waals surface area contributed by atoms with Gasteiger partial charge in [-0.3, -0.25) is 8.97 Å². The first kappa shape index (κ1) is 27.0. The number of likely N-dealkylation sites (tertiary alicyclic amines) is 2. The Kier molecular flexibility index (Phi) is 6.34. The average Bonchev–Trinajstić information content (AvgIpc) is 2.75. The predicted octanol–water partition coefficient (Wildman–Crippen LogP) is 5.91. The highest BCUT2D eigenvalue weighted by Gasteiger charge is 2.61. The predicted molar refractivity (Wildman–Crippen MR) is 152 cm³/mol. The molecule has 3 heterocycles. The largest absolute Gasteiger partial charge is 0.339 e. The van der Waals surface area contributed by atoms with Gasteiger partial charge in [0.2, 0.25) is 5.95 Å². The van der Waals surface area contributed by atoms with E-state index in [9.17, 15) is 0 Å². The molecule has 0 saturated carbocycles. The molecule has 2 saturated heterocycles. The molecule has 0 bridgehead atoms. The Hall–Kier alpha value is -2.09. The van der Waals surface area contributed by atoms with Crippen molar-refractivity contribution >= 4 is 23.5 Å². The topological polar surface area (TPSA) is 76.7 Å². The number of quaternary nitrogens is 2. The van der Waals surface area contributed by atoms with Crippen molar-refractivity contribution in [3.8, 4) is 0 Å². The smallest absolute Gasteiger partial charge is 0.327 e. The van der Waals surface area contributed by atoms with Gasteiger partial charge >= 0.3 is 11.9 Å². The number of para-hydroxylation sites is 1. The van der Waals surface area contributed by atoms with Crippen molar-refractivity contribution in [3.63, 3.8) is 0 Å². The summed E-state index contributed by atoms with van der Waals surface area (Å²) in [7, 11) is 4.62. The molecular formula is C29H49N7+2. The zero-order chi connectivity index (χ0) is 26.8. The summed E-state index contributed by atoms with van der Waals surface area (Å²) in [5, 5.41) is 3.51. The first-order valence-corrected chi connectivity index (χ1v) is 13.6.